The molecule has 1 atom stereocenters. The second kappa shape index (κ2) is 4.89. The maximum atomic E-state index is 12.5. The van der Waals surface area contributed by atoms with Gasteiger partial charge in [0.25, 0.3) is 0 Å². The molecule has 1 saturated heterocycles. The van der Waals surface area contributed by atoms with Crippen LogP contribution in [0.5, 0.6) is 0 Å². The summed E-state index contributed by atoms with van der Waals surface area (Å²) >= 11 is 0. The van der Waals surface area contributed by atoms with Gasteiger partial charge in [0, 0.05) is 19.1 Å². The van der Waals surface area contributed by atoms with Crippen LogP contribution in [-0.4, -0.2) is 31.9 Å². The first-order valence-electron chi connectivity index (χ1n) is 6.95. The van der Waals surface area contributed by atoms with Crippen LogP contribution in [0.2, 0.25) is 0 Å². The maximum absolute atomic E-state index is 12.5. The molecule has 4 nitrogen and oxygen atoms in total. The summed E-state index contributed by atoms with van der Waals surface area (Å²) in [6, 6.07) is 5.58. The van der Waals surface area contributed by atoms with E-state index < -0.39 is 10.0 Å². The van der Waals surface area contributed by atoms with Crippen LogP contribution in [-0.2, 0) is 22.9 Å². The van der Waals surface area contributed by atoms with Gasteiger partial charge in [-0.2, -0.15) is 4.31 Å². The average molecular weight is 280 g/mol. The summed E-state index contributed by atoms with van der Waals surface area (Å²) in [5.74, 6) is 0. The van der Waals surface area contributed by atoms with Crippen molar-refractivity contribution in [3.63, 3.8) is 0 Å². The Hall–Kier alpha value is -0.910. The van der Waals surface area contributed by atoms with E-state index in [1.165, 1.54) is 21.9 Å². The van der Waals surface area contributed by atoms with Crippen LogP contribution >= 0.6 is 0 Å². The van der Waals surface area contributed by atoms with Crippen LogP contribution in [0.3, 0.4) is 0 Å². The Morgan fingerprint density at radius 1 is 1.16 bits per heavy atom. The van der Waals surface area contributed by atoms with Gasteiger partial charge < -0.3 is 5.73 Å². The van der Waals surface area contributed by atoms with Crippen LogP contribution in [0, 0.1) is 0 Å². The molecule has 1 aromatic carbocycles. The van der Waals surface area contributed by atoms with E-state index >= 15 is 0 Å². The number of nitrogens with two attached hydrogens (primary N) is 1. The van der Waals surface area contributed by atoms with E-state index in [0.717, 1.165) is 25.7 Å². The fourth-order valence-electron chi connectivity index (χ4n) is 2.99. The third kappa shape index (κ3) is 2.42. The van der Waals surface area contributed by atoms with E-state index in [2.05, 4.69) is 0 Å². The normalized spacial score (nSPS) is 24.4. The van der Waals surface area contributed by atoms with Gasteiger partial charge in [0.15, 0.2) is 0 Å². The molecule has 3 rings (SSSR count). The highest BCUT2D eigenvalue weighted by atomic mass is 32.2. The van der Waals surface area contributed by atoms with E-state index in [9.17, 15) is 8.42 Å². The first-order valence-corrected chi connectivity index (χ1v) is 8.39. The SMILES string of the molecule is N[C@@H]1CCN(S(=O)(=O)c2ccc3c(c2)CCCC3)C1. The van der Waals surface area contributed by atoms with E-state index in [4.69, 9.17) is 5.73 Å². The van der Waals surface area contributed by atoms with Gasteiger partial charge in [-0.15, -0.1) is 0 Å². The Bertz CT molecular complexity index is 583. The minimum absolute atomic E-state index is 0.0209. The molecule has 5 heteroatoms. The van der Waals surface area contributed by atoms with Gasteiger partial charge in [0.1, 0.15) is 0 Å². The van der Waals surface area contributed by atoms with Crippen molar-refractivity contribution in [1.82, 2.24) is 4.31 Å². The molecule has 0 unspecified atom stereocenters. The predicted octanol–water partition coefficient (Wildman–Crippen LogP) is 1.29. The van der Waals surface area contributed by atoms with Gasteiger partial charge in [-0.05, 0) is 55.4 Å². The number of fused-ring (bicyclic) bond motifs is 1. The molecule has 1 aliphatic heterocycles. The van der Waals surface area contributed by atoms with Gasteiger partial charge >= 0.3 is 0 Å². The lowest BCUT2D eigenvalue weighted by molar-refractivity contribution is 0.472. The Labute approximate surface area is 114 Å². The Balaban J connectivity index is 1.93. The summed E-state index contributed by atoms with van der Waals surface area (Å²) in [4.78, 5) is 0.433. The monoisotopic (exact) mass is 280 g/mol. The lowest BCUT2D eigenvalue weighted by Gasteiger charge is -2.19. The number of hydrogen-bond acceptors (Lipinski definition) is 3. The Morgan fingerprint density at radius 2 is 1.89 bits per heavy atom. The second-order valence-electron chi connectivity index (χ2n) is 5.55. The molecular formula is C14H20N2O2S. The number of rotatable bonds is 2. The number of nitrogens with zero attached hydrogens (tertiary/aromatic N) is 1. The molecule has 1 heterocycles. The summed E-state index contributed by atoms with van der Waals surface area (Å²) in [6.07, 6.45) is 5.19. The molecule has 1 aromatic rings. The van der Waals surface area contributed by atoms with Crippen molar-refractivity contribution in [2.75, 3.05) is 13.1 Å². The van der Waals surface area contributed by atoms with E-state index in [0.29, 0.717) is 18.0 Å². The van der Waals surface area contributed by atoms with Crippen molar-refractivity contribution >= 4 is 10.0 Å². The third-order valence-electron chi connectivity index (χ3n) is 4.15. The molecule has 19 heavy (non-hydrogen) atoms. The zero-order chi connectivity index (χ0) is 13.5. The van der Waals surface area contributed by atoms with E-state index in [-0.39, 0.29) is 6.04 Å². The number of sulfonamides is 1. The van der Waals surface area contributed by atoms with Crippen molar-refractivity contribution in [2.45, 2.75) is 43.0 Å². The third-order valence-corrected chi connectivity index (χ3v) is 6.01. The predicted molar refractivity (Wildman–Crippen MR) is 74.4 cm³/mol. The molecule has 0 bridgehead atoms. The quantitative estimate of drug-likeness (QED) is 0.888. The second-order valence-corrected chi connectivity index (χ2v) is 7.49. The number of hydrogen-bond donors (Lipinski definition) is 1. The summed E-state index contributed by atoms with van der Waals surface area (Å²) in [5.41, 5.74) is 8.32. The minimum Gasteiger partial charge on any atom is -0.326 e. The number of aryl methyl sites for hydroxylation is 2. The van der Waals surface area contributed by atoms with E-state index in [1.54, 1.807) is 6.07 Å². The van der Waals surface area contributed by atoms with Gasteiger partial charge in [-0.25, -0.2) is 8.42 Å². The number of benzene rings is 1. The van der Waals surface area contributed by atoms with E-state index in [1.807, 2.05) is 12.1 Å². The van der Waals surface area contributed by atoms with Crippen LogP contribution in [0.25, 0.3) is 0 Å². The van der Waals surface area contributed by atoms with Crippen molar-refractivity contribution in [2.24, 2.45) is 5.73 Å². The highest BCUT2D eigenvalue weighted by Crippen LogP contribution is 2.26. The van der Waals surface area contributed by atoms with Crippen LogP contribution in [0.4, 0.5) is 0 Å². The van der Waals surface area contributed by atoms with Gasteiger partial charge in [-0.1, -0.05) is 6.07 Å². The Kier molecular flexibility index (Phi) is 3.37. The maximum Gasteiger partial charge on any atom is 0.243 e. The zero-order valence-electron chi connectivity index (χ0n) is 11.0. The molecule has 0 spiro atoms. The minimum atomic E-state index is -3.35. The highest BCUT2D eigenvalue weighted by Gasteiger charge is 2.31. The standard InChI is InChI=1S/C14H20N2O2S/c15-13-7-8-16(10-13)19(17,18)14-6-5-11-3-1-2-4-12(11)9-14/h5-6,9,13H,1-4,7-8,10,15H2/t13-/m1/s1. The molecule has 0 aromatic heterocycles. The van der Waals surface area contributed by atoms with Crippen molar-refractivity contribution in [3.05, 3.63) is 29.3 Å². The summed E-state index contributed by atoms with van der Waals surface area (Å²) in [6.45, 7) is 0.986. The van der Waals surface area contributed by atoms with Crippen molar-refractivity contribution < 1.29 is 8.42 Å². The Morgan fingerprint density at radius 3 is 2.58 bits per heavy atom. The van der Waals surface area contributed by atoms with Crippen molar-refractivity contribution in [3.8, 4) is 0 Å². The fraction of sp³-hybridized carbons (Fsp3) is 0.571. The molecule has 2 N–H and O–H groups in total. The van der Waals surface area contributed by atoms with Gasteiger partial charge in [0.05, 0.1) is 4.90 Å². The van der Waals surface area contributed by atoms with Crippen LogP contribution in [0.15, 0.2) is 23.1 Å². The average Bonchev–Trinajstić information content (AvgIpc) is 2.85. The molecule has 0 radical (unpaired) electrons. The molecule has 1 fully saturated rings. The molecule has 0 saturated carbocycles. The molecular weight excluding hydrogens is 260 g/mol. The smallest absolute Gasteiger partial charge is 0.243 e. The van der Waals surface area contributed by atoms with Crippen LogP contribution in [0.1, 0.15) is 30.4 Å². The summed E-state index contributed by atoms with van der Waals surface area (Å²) in [5, 5.41) is 0. The molecule has 1 aliphatic carbocycles. The largest absolute Gasteiger partial charge is 0.326 e. The lowest BCUT2D eigenvalue weighted by Crippen LogP contribution is -2.32. The van der Waals surface area contributed by atoms with Crippen LogP contribution < -0.4 is 5.73 Å². The molecule has 0 amide bonds. The first kappa shape index (κ1) is 13.1. The van der Waals surface area contributed by atoms with Gasteiger partial charge in [-0.3, -0.25) is 0 Å². The topological polar surface area (TPSA) is 63.4 Å². The zero-order valence-corrected chi connectivity index (χ0v) is 11.8. The van der Waals surface area contributed by atoms with Crippen molar-refractivity contribution in [1.29, 1.82) is 0 Å². The fourth-order valence-corrected chi connectivity index (χ4v) is 4.55. The summed E-state index contributed by atoms with van der Waals surface area (Å²) in [7, 11) is -3.35. The molecule has 104 valence electrons. The molecule has 2 aliphatic rings. The van der Waals surface area contributed by atoms with Gasteiger partial charge in [0.2, 0.25) is 10.0 Å². The highest BCUT2D eigenvalue weighted by molar-refractivity contribution is 7.89. The lowest BCUT2D eigenvalue weighted by atomic mass is 9.92. The first-order chi connectivity index (χ1) is 9.07. The summed E-state index contributed by atoms with van der Waals surface area (Å²) < 4.78 is 26.6.